The summed E-state index contributed by atoms with van der Waals surface area (Å²) in [6.45, 7) is 0. The minimum atomic E-state index is -0.998. The van der Waals surface area contributed by atoms with Gasteiger partial charge in [-0.1, -0.05) is 23.7 Å². The molecule has 86 valence electrons. The lowest BCUT2D eigenvalue weighted by Crippen LogP contribution is -1.99. The Bertz CT molecular complexity index is 540. The van der Waals surface area contributed by atoms with Crippen molar-refractivity contribution in [2.75, 3.05) is 5.32 Å². The highest BCUT2D eigenvalue weighted by atomic mass is 35.5. The number of anilines is 2. The summed E-state index contributed by atoms with van der Waals surface area (Å²) in [5.41, 5.74) is 0.874. The minimum absolute atomic E-state index is 0.148. The monoisotopic (exact) mass is 248 g/mol. The van der Waals surface area contributed by atoms with Crippen LogP contribution in [0.3, 0.4) is 0 Å². The summed E-state index contributed by atoms with van der Waals surface area (Å²) in [6, 6.07) is 10.3. The maximum atomic E-state index is 10.6. The molecule has 1 aromatic heterocycles. The third-order valence-electron chi connectivity index (χ3n) is 2.15. The van der Waals surface area contributed by atoms with Gasteiger partial charge in [-0.15, -0.1) is 0 Å². The normalized spacial score (nSPS) is 9.94. The zero-order chi connectivity index (χ0) is 12.3. The van der Waals surface area contributed by atoms with Crippen LogP contribution in [-0.2, 0) is 0 Å². The van der Waals surface area contributed by atoms with Gasteiger partial charge in [0.25, 0.3) is 0 Å². The summed E-state index contributed by atoms with van der Waals surface area (Å²) >= 11 is 5.97. The van der Waals surface area contributed by atoms with Crippen LogP contribution in [0.4, 0.5) is 11.5 Å². The van der Waals surface area contributed by atoms with E-state index in [9.17, 15) is 4.79 Å². The molecule has 17 heavy (non-hydrogen) atoms. The van der Waals surface area contributed by atoms with Gasteiger partial charge in [-0.3, -0.25) is 0 Å². The number of rotatable bonds is 3. The van der Waals surface area contributed by atoms with Crippen LogP contribution >= 0.6 is 11.6 Å². The molecule has 0 bridgehead atoms. The van der Waals surface area contributed by atoms with Crippen LogP contribution in [0.25, 0.3) is 0 Å². The molecule has 0 saturated carbocycles. The Morgan fingerprint density at radius 2 is 2.00 bits per heavy atom. The summed E-state index contributed by atoms with van der Waals surface area (Å²) in [5, 5.41) is 12.3. The van der Waals surface area contributed by atoms with E-state index in [0.717, 1.165) is 5.69 Å². The van der Waals surface area contributed by atoms with Crippen molar-refractivity contribution in [1.29, 1.82) is 0 Å². The lowest BCUT2D eigenvalue weighted by molar-refractivity contribution is 0.0696. The van der Waals surface area contributed by atoms with Crippen molar-refractivity contribution in [3.05, 3.63) is 53.2 Å². The molecule has 0 atom stereocenters. The maximum absolute atomic E-state index is 10.6. The van der Waals surface area contributed by atoms with Crippen LogP contribution in [-0.4, -0.2) is 16.1 Å². The molecule has 0 spiro atoms. The van der Waals surface area contributed by atoms with E-state index in [1.807, 2.05) is 18.2 Å². The van der Waals surface area contributed by atoms with E-state index in [1.54, 1.807) is 12.1 Å². The fourth-order valence-corrected chi connectivity index (χ4v) is 1.48. The van der Waals surface area contributed by atoms with Crippen molar-refractivity contribution in [2.45, 2.75) is 0 Å². The lowest BCUT2D eigenvalue weighted by atomic mass is 10.3. The molecule has 5 heteroatoms. The van der Waals surface area contributed by atoms with Crippen LogP contribution in [0.2, 0.25) is 5.02 Å². The average Bonchev–Trinajstić information content (AvgIpc) is 2.33. The molecule has 0 saturated heterocycles. The molecule has 0 radical (unpaired) electrons. The summed E-state index contributed by atoms with van der Waals surface area (Å²) < 4.78 is 0. The third-order valence-corrected chi connectivity index (χ3v) is 2.48. The molecule has 1 heterocycles. The van der Waals surface area contributed by atoms with Gasteiger partial charge in [0.1, 0.15) is 5.82 Å². The van der Waals surface area contributed by atoms with Gasteiger partial charge in [0.15, 0.2) is 0 Å². The van der Waals surface area contributed by atoms with E-state index in [1.165, 1.54) is 12.3 Å². The highest BCUT2D eigenvalue weighted by molar-refractivity contribution is 6.33. The standard InChI is InChI=1S/C12H9ClN2O2/c13-9-3-1-2-4-10(9)15-11-6-5-8(7-14-11)12(16)17/h1-7H,(H,14,15)(H,16,17). The smallest absolute Gasteiger partial charge is 0.337 e. The first-order valence-corrected chi connectivity index (χ1v) is 5.25. The highest BCUT2D eigenvalue weighted by Crippen LogP contribution is 2.23. The molecule has 0 amide bonds. The number of pyridine rings is 1. The molecule has 0 unspecified atom stereocenters. The molecule has 1 aromatic carbocycles. The van der Waals surface area contributed by atoms with Crippen molar-refractivity contribution in [3.63, 3.8) is 0 Å². The average molecular weight is 249 g/mol. The number of carboxylic acid groups (broad SMARTS) is 1. The Balaban J connectivity index is 2.20. The molecule has 4 nitrogen and oxygen atoms in total. The number of aromatic carboxylic acids is 1. The molecular formula is C12H9ClN2O2. The van der Waals surface area contributed by atoms with Crippen molar-refractivity contribution in [2.24, 2.45) is 0 Å². The number of para-hydroxylation sites is 1. The SMILES string of the molecule is O=C(O)c1ccc(Nc2ccccc2Cl)nc1. The number of benzene rings is 1. The van der Waals surface area contributed by atoms with E-state index in [2.05, 4.69) is 10.3 Å². The van der Waals surface area contributed by atoms with Gasteiger partial charge in [-0.05, 0) is 24.3 Å². The second kappa shape index (κ2) is 4.84. The molecule has 0 aliphatic heterocycles. The van der Waals surface area contributed by atoms with Gasteiger partial charge < -0.3 is 10.4 Å². The first-order valence-electron chi connectivity index (χ1n) is 4.88. The number of aromatic nitrogens is 1. The zero-order valence-corrected chi connectivity index (χ0v) is 9.48. The molecule has 2 aromatic rings. The first kappa shape index (κ1) is 11.4. The van der Waals surface area contributed by atoms with Crippen molar-refractivity contribution in [3.8, 4) is 0 Å². The van der Waals surface area contributed by atoms with Gasteiger partial charge in [0.05, 0.1) is 16.3 Å². The van der Waals surface area contributed by atoms with Gasteiger partial charge in [0, 0.05) is 6.20 Å². The zero-order valence-electron chi connectivity index (χ0n) is 8.72. The molecule has 2 rings (SSSR count). The maximum Gasteiger partial charge on any atom is 0.337 e. The second-order valence-electron chi connectivity index (χ2n) is 3.34. The quantitative estimate of drug-likeness (QED) is 0.876. The minimum Gasteiger partial charge on any atom is -0.478 e. The van der Waals surface area contributed by atoms with Gasteiger partial charge in [-0.2, -0.15) is 0 Å². The molecular weight excluding hydrogens is 240 g/mol. The van der Waals surface area contributed by atoms with Gasteiger partial charge >= 0.3 is 5.97 Å². The number of nitrogens with one attached hydrogen (secondary N) is 1. The second-order valence-corrected chi connectivity index (χ2v) is 3.75. The number of hydrogen-bond donors (Lipinski definition) is 2. The first-order chi connectivity index (χ1) is 8.16. The summed E-state index contributed by atoms with van der Waals surface area (Å²) in [5.74, 6) is -0.454. The summed E-state index contributed by atoms with van der Waals surface area (Å²) in [4.78, 5) is 14.6. The number of carboxylic acids is 1. The Labute approximate surface area is 103 Å². The van der Waals surface area contributed by atoms with Crippen LogP contribution in [0.1, 0.15) is 10.4 Å². The topological polar surface area (TPSA) is 62.2 Å². The predicted octanol–water partition coefficient (Wildman–Crippen LogP) is 3.18. The van der Waals surface area contributed by atoms with Crippen LogP contribution in [0.15, 0.2) is 42.6 Å². The van der Waals surface area contributed by atoms with Crippen molar-refractivity contribution in [1.82, 2.24) is 4.98 Å². The third kappa shape index (κ3) is 2.73. The van der Waals surface area contributed by atoms with Gasteiger partial charge in [0.2, 0.25) is 0 Å². The molecule has 0 aliphatic carbocycles. The number of hydrogen-bond acceptors (Lipinski definition) is 3. The summed E-state index contributed by atoms with van der Waals surface area (Å²) in [7, 11) is 0. The molecule has 0 fully saturated rings. The largest absolute Gasteiger partial charge is 0.478 e. The fraction of sp³-hybridized carbons (Fsp3) is 0. The lowest BCUT2D eigenvalue weighted by Gasteiger charge is -2.07. The highest BCUT2D eigenvalue weighted by Gasteiger charge is 2.04. The van der Waals surface area contributed by atoms with Crippen LogP contribution in [0, 0.1) is 0 Å². The van der Waals surface area contributed by atoms with Crippen molar-refractivity contribution >= 4 is 29.1 Å². The predicted molar refractivity (Wildman–Crippen MR) is 65.9 cm³/mol. The Hall–Kier alpha value is -2.07. The van der Waals surface area contributed by atoms with Gasteiger partial charge in [-0.25, -0.2) is 9.78 Å². The van der Waals surface area contributed by atoms with Crippen LogP contribution in [0.5, 0.6) is 0 Å². The Morgan fingerprint density at radius 3 is 2.59 bits per heavy atom. The Morgan fingerprint density at radius 1 is 1.24 bits per heavy atom. The number of carbonyl (C=O) groups is 1. The van der Waals surface area contributed by atoms with E-state index < -0.39 is 5.97 Å². The van der Waals surface area contributed by atoms with E-state index >= 15 is 0 Å². The van der Waals surface area contributed by atoms with E-state index in [0.29, 0.717) is 10.8 Å². The Kier molecular flexibility index (Phi) is 3.25. The number of nitrogens with zero attached hydrogens (tertiary/aromatic N) is 1. The molecule has 2 N–H and O–H groups in total. The summed E-state index contributed by atoms with van der Waals surface area (Å²) in [6.07, 6.45) is 1.29. The van der Waals surface area contributed by atoms with Crippen LogP contribution < -0.4 is 5.32 Å². The van der Waals surface area contributed by atoms with E-state index in [-0.39, 0.29) is 5.56 Å². The van der Waals surface area contributed by atoms with E-state index in [4.69, 9.17) is 16.7 Å². The fourth-order valence-electron chi connectivity index (χ4n) is 1.29. The van der Waals surface area contributed by atoms with Crippen molar-refractivity contribution < 1.29 is 9.90 Å². The molecule has 0 aliphatic rings. The number of halogens is 1.